The van der Waals surface area contributed by atoms with Crippen molar-refractivity contribution in [2.24, 2.45) is 5.73 Å². The molecule has 1 aromatic heterocycles. The monoisotopic (exact) mass is 242 g/mol. The Labute approximate surface area is 109 Å². The fourth-order valence-corrected chi connectivity index (χ4v) is 2.05. The first-order valence-corrected chi connectivity index (χ1v) is 6.56. The van der Waals surface area contributed by atoms with Crippen molar-refractivity contribution in [2.45, 2.75) is 39.3 Å². The maximum atomic E-state index is 5.86. The third kappa shape index (κ3) is 3.02. The molecule has 1 atom stereocenters. The van der Waals surface area contributed by atoms with E-state index in [4.69, 9.17) is 5.73 Å². The molecule has 0 saturated heterocycles. The van der Waals surface area contributed by atoms with Crippen molar-refractivity contribution >= 4 is 0 Å². The minimum absolute atomic E-state index is 0.106. The molecule has 2 aromatic rings. The second-order valence-electron chi connectivity index (χ2n) is 5.30. The van der Waals surface area contributed by atoms with Gasteiger partial charge >= 0.3 is 0 Å². The van der Waals surface area contributed by atoms with Gasteiger partial charge in [0.1, 0.15) is 0 Å². The Morgan fingerprint density at radius 1 is 1.00 bits per heavy atom. The summed E-state index contributed by atoms with van der Waals surface area (Å²) in [4.78, 5) is 0. The van der Waals surface area contributed by atoms with Gasteiger partial charge in [0.15, 0.2) is 0 Å². The van der Waals surface area contributed by atoms with Crippen LogP contribution in [0.15, 0.2) is 42.7 Å². The smallest absolute Gasteiger partial charge is 0.0470 e. The first kappa shape index (κ1) is 12.9. The summed E-state index contributed by atoms with van der Waals surface area (Å²) in [5.74, 6) is 0.593. The molecule has 0 fully saturated rings. The van der Waals surface area contributed by atoms with Gasteiger partial charge in [-0.05, 0) is 35.6 Å². The number of hydrogen-bond acceptors (Lipinski definition) is 1. The van der Waals surface area contributed by atoms with Crippen LogP contribution in [0, 0.1) is 0 Å². The van der Waals surface area contributed by atoms with Gasteiger partial charge in [0.05, 0.1) is 0 Å². The van der Waals surface area contributed by atoms with Gasteiger partial charge in [-0.1, -0.05) is 38.1 Å². The van der Waals surface area contributed by atoms with Gasteiger partial charge in [0.2, 0.25) is 0 Å². The highest BCUT2D eigenvalue weighted by atomic mass is 14.9. The molecular weight excluding hydrogens is 220 g/mol. The van der Waals surface area contributed by atoms with E-state index in [0.29, 0.717) is 5.92 Å². The number of benzene rings is 1. The van der Waals surface area contributed by atoms with Gasteiger partial charge in [0, 0.05) is 25.0 Å². The van der Waals surface area contributed by atoms with Gasteiger partial charge < -0.3 is 10.3 Å². The Hall–Kier alpha value is -1.54. The third-order valence-electron chi connectivity index (χ3n) is 3.31. The molecule has 0 saturated carbocycles. The Morgan fingerprint density at radius 2 is 1.67 bits per heavy atom. The average Bonchev–Trinajstić information content (AvgIpc) is 2.78. The fourth-order valence-electron chi connectivity index (χ4n) is 2.05. The fraction of sp³-hybridized carbons (Fsp3) is 0.375. The molecule has 0 bridgehead atoms. The molecule has 1 unspecified atom stereocenters. The van der Waals surface area contributed by atoms with Crippen molar-refractivity contribution in [3.8, 4) is 0 Å². The molecule has 0 aliphatic rings. The van der Waals surface area contributed by atoms with Gasteiger partial charge in [-0.3, -0.25) is 0 Å². The summed E-state index contributed by atoms with van der Waals surface area (Å²) in [7, 11) is 0. The van der Waals surface area contributed by atoms with Crippen LogP contribution in [0.1, 0.15) is 49.4 Å². The number of aromatic nitrogens is 1. The van der Waals surface area contributed by atoms with E-state index in [0.717, 1.165) is 6.54 Å². The lowest BCUT2D eigenvalue weighted by Crippen LogP contribution is -2.04. The highest BCUT2D eigenvalue weighted by Crippen LogP contribution is 2.16. The normalized spacial score (nSPS) is 12.9. The molecule has 2 rings (SSSR count). The predicted octanol–water partition coefficient (Wildman–Crippen LogP) is 3.68. The highest BCUT2D eigenvalue weighted by Gasteiger charge is 2.03. The van der Waals surface area contributed by atoms with E-state index in [2.05, 4.69) is 61.1 Å². The zero-order valence-corrected chi connectivity index (χ0v) is 11.4. The Balaban J connectivity index is 2.08. The Morgan fingerprint density at radius 3 is 2.17 bits per heavy atom. The number of nitrogens with zero attached hydrogens (tertiary/aromatic N) is 1. The van der Waals surface area contributed by atoms with Crippen LogP contribution < -0.4 is 5.73 Å². The van der Waals surface area contributed by atoms with Crippen LogP contribution >= 0.6 is 0 Å². The van der Waals surface area contributed by atoms with Crippen LogP contribution in [0.5, 0.6) is 0 Å². The molecule has 0 radical (unpaired) electrons. The van der Waals surface area contributed by atoms with Crippen molar-refractivity contribution < 1.29 is 0 Å². The summed E-state index contributed by atoms with van der Waals surface area (Å²) in [6.07, 6.45) is 4.22. The maximum absolute atomic E-state index is 5.86. The molecule has 0 spiro atoms. The highest BCUT2D eigenvalue weighted by molar-refractivity contribution is 5.25. The first-order chi connectivity index (χ1) is 8.56. The molecule has 1 aromatic carbocycles. The standard InChI is InChI=1S/C16H22N2/c1-12(2)15-6-4-14(5-7-15)10-18-9-8-16(11-18)13(3)17/h4-9,11-13H,10,17H2,1-3H3. The van der Waals surface area contributed by atoms with Crippen molar-refractivity contribution in [3.63, 3.8) is 0 Å². The van der Waals surface area contributed by atoms with Crippen molar-refractivity contribution in [1.29, 1.82) is 0 Å². The molecule has 18 heavy (non-hydrogen) atoms. The number of nitrogens with two attached hydrogens (primary N) is 1. The largest absolute Gasteiger partial charge is 0.350 e. The van der Waals surface area contributed by atoms with E-state index in [1.807, 2.05) is 6.92 Å². The topological polar surface area (TPSA) is 30.9 Å². The van der Waals surface area contributed by atoms with Crippen LogP contribution in [0.3, 0.4) is 0 Å². The molecule has 0 aliphatic heterocycles. The first-order valence-electron chi connectivity index (χ1n) is 6.56. The van der Waals surface area contributed by atoms with Gasteiger partial charge in [-0.2, -0.15) is 0 Å². The summed E-state index contributed by atoms with van der Waals surface area (Å²) in [5, 5.41) is 0. The second kappa shape index (κ2) is 5.40. The summed E-state index contributed by atoms with van der Waals surface area (Å²) in [6.45, 7) is 7.36. The maximum Gasteiger partial charge on any atom is 0.0470 e. The Kier molecular flexibility index (Phi) is 3.87. The lowest BCUT2D eigenvalue weighted by atomic mass is 10.0. The second-order valence-corrected chi connectivity index (χ2v) is 5.30. The van der Waals surface area contributed by atoms with Crippen LogP contribution in [-0.2, 0) is 6.54 Å². The molecular formula is C16H22N2. The molecule has 2 N–H and O–H groups in total. The molecule has 0 amide bonds. The summed E-state index contributed by atoms with van der Waals surface area (Å²) >= 11 is 0. The van der Waals surface area contributed by atoms with E-state index in [1.54, 1.807) is 0 Å². The number of hydrogen-bond donors (Lipinski definition) is 1. The molecule has 1 heterocycles. The molecule has 96 valence electrons. The molecule has 2 heteroatoms. The average molecular weight is 242 g/mol. The summed E-state index contributed by atoms with van der Waals surface area (Å²) in [5.41, 5.74) is 9.77. The van der Waals surface area contributed by atoms with E-state index >= 15 is 0 Å². The SMILES string of the molecule is CC(C)c1ccc(Cn2ccc(C(C)N)c2)cc1. The van der Waals surface area contributed by atoms with E-state index in [-0.39, 0.29) is 6.04 Å². The van der Waals surface area contributed by atoms with Crippen LogP contribution in [0.25, 0.3) is 0 Å². The van der Waals surface area contributed by atoms with Crippen LogP contribution in [-0.4, -0.2) is 4.57 Å². The van der Waals surface area contributed by atoms with Crippen molar-refractivity contribution in [1.82, 2.24) is 4.57 Å². The molecule has 2 nitrogen and oxygen atoms in total. The van der Waals surface area contributed by atoms with Crippen molar-refractivity contribution in [2.75, 3.05) is 0 Å². The van der Waals surface area contributed by atoms with Crippen LogP contribution in [0.2, 0.25) is 0 Å². The summed E-state index contributed by atoms with van der Waals surface area (Å²) in [6, 6.07) is 11.1. The van der Waals surface area contributed by atoms with Crippen molar-refractivity contribution in [3.05, 3.63) is 59.4 Å². The van der Waals surface area contributed by atoms with Gasteiger partial charge in [0.25, 0.3) is 0 Å². The van der Waals surface area contributed by atoms with E-state index in [9.17, 15) is 0 Å². The zero-order chi connectivity index (χ0) is 13.1. The van der Waals surface area contributed by atoms with E-state index < -0.39 is 0 Å². The van der Waals surface area contributed by atoms with Crippen LogP contribution in [0.4, 0.5) is 0 Å². The minimum atomic E-state index is 0.106. The van der Waals surface area contributed by atoms with Gasteiger partial charge in [-0.15, -0.1) is 0 Å². The Bertz CT molecular complexity index is 492. The lowest BCUT2D eigenvalue weighted by Gasteiger charge is -2.08. The number of rotatable bonds is 4. The quantitative estimate of drug-likeness (QED) is 0.871. The zero-order valence-electron chi connectivity index (χ0n) is 11.4. The predicted molar refractivity (Wildman–Crippen MR) is 76.7 cm³/mol. The lowest BCUT2D eigenvalue weighted by molar-refractivity contribution is 0.776. The molecule has 0 aliphatic carbocycles. The van der Waals surface area contributed by atoms with E-state index in [1.165, 1.54) is 16.7 Å². The van der Waals surface area contributed by atoms with Gasteiger partial charge in [-0.25, -0.2) is 0 Å². The summed E-state index contributed by atoms with van der Waals surface area (Å²) < 4.78 is 2.18. The minimum Gasteiger partial charge on any atom is -0.350 e. The third-order valence-corrected chi connectivity index (χ3v) is 3.31.